The highest BCUT2D eigenvalue weighted by Crippen LogP contribution is 2.50. The van der Waals surface area contributed by atoms with Crippen LogP contribution in [0.4, 0.5) is 0 Å². The molecule has 2 rings (SSSR count). The summed E-state index contributed by atoms with van der Waals surface area (Å²) in [6.45, 7) is 10.8. The molecule has 2 N–H and O–H groups in total. The number of nitrogens with zero attached hydrogens (tertiary/aromatic N) is 1. The predicted octanol–water partition coefficient (Wildman–Crippen LogP) is 1.58. The van der Waals surface area contributed by atoms with Crippen LogP contribution in [0.25, 0.3) is 0 Å². The minimum atomic E-state index is -0.809. The van der Waals surface area contributed by atoms with Gasteiger partial charge in [-0.2, -0.15) is 0 Å². The molecular formula is C15H29ClN2O3. The normalized spacial score (nSPS) is 35.4. The summed E-state index contributed by atoms with van der Waals surface area (Å²) in [5.41, 5.74) is 5.33. The zero-order chi connectivity index (χ0) is 15.0. The highest BCUT2D eigenvalue weighted by Gasteiger charge is 2.63. The van der Waals surface area contributed by atoms with E-state index in [1.807, 2.05) is 32.6 Å². The molecule has 0 radical (unpaired) electrons. The monoisotopic (exact) mass is 320 g/mol. The molecule has 2 fully saturated rings. The maximum atomic E-state index is 12.9. The average molecular weight is 321 g/mol. The van der Waals surface area contributed by atoms with E-state index in [9.17, 15) is 4.79 Å². The number of amides is 1. The molecule has 1 amide bonds. The van der Waals surface area contributed by atoms with Crippen molar-refractivity contribution in [3.8, 4) is 0 Å². The van der Waals surface area contributed by atoms with Gasteiger partial charge in [-0.05, 0) is 20.3 Å². The van der Waals surface area contributed by atoms with Gasteiger partial charge in [-0.3, -0.25) is 4.79 Å². The third kappa shape index (κ3) is 3.21. The van der Waals surface area contributed by atoms with Gasteiger partial charge in [-0.1, -0.05) is 13.8 Å². The Hall–Kier alpha value is -0.360. The number of carbonyl (C=O) groups excluding carboxylic acids is 1. The van der Waals surface area contributed by atoms with Crippen LogP contribution in [-0.2, 0) is 14.3 Å². The van der Waals surface area contributed by atoms with Crippen LogP contribution < -0.4 is 5.73 Å². The highest BCUT2D eigenvalue weighted by atomic mass is 35.5. The Bertz CT molecular complexity index is 378. The summed E-state index contributed by atoms with van der Waals surface area (Å²) in [5, 5.41) is 0. The standard InChI is InChI=1S/C15H28N2O3.ClH/c1-5-19-12-9-15(16,14(12,3)4)13(18)17-7-6-8-20-11(2)10-17;/h11-12H,5-10,16H2,1-4H3;1H. The van der Waals surface area contributed by atoms with Gasteiger partial charge in [0.05, 0.1) is 12.2 Å². The fourth-order valence-electron chi connectivity index (χ4n) is 3.26. The summed E-state index contributed by atoms with van der Waals surface area (Å²) in [6, 6.07) is 0. The quantitative estimate of drug-likeness (QED) is 0.857. The van der Waals surface area contributed by atoms with Gasteiger partial charge in [0.1, 0.15) is 5.54 Å². The number of halogens is 1. The Kier molecular flexibility index (Phi) is 6.07. The molecule has 2 aliphatic rings. The number of hydrogen-bond donors (Lipinski definition) is 1. The van der Waals surface area contributed by atoms with Crippen molar-refractivity contribution in [2.24, 2.45) is 11.1 Å². The van der Waals surface area contributed by atoms with E-state index in [1.165, 1.54) is 0 Å². The third-order valence-corrected chi connectivity index (χ3v) is 4.95. The van der Waals surface area contributed by atoms with Crippen LogP contribution >= 0.6 is 12.4 Å². The minimum absolute atomic E-state index is 0. The first-order valence-electron chi connectivity index (χ1n) is 7.64. The van der Waals surface area contributed by atoms with Gasteiger partial charge >= 0.3 is 0 Å². The predicted molar refractivity (Wildman–Crippen MR) is 84.6 cm³/mol. The molecule has 0 aromatic heterocycles. The van der Waals surface area contributed by atoms with Crippen molar-refractivity contribution in [3.05, 3.63) is 0 Å². The fraction of sp³-hybridized carbons (Fsp3) is 0.933. The van der Waals surface area contributed by atoms with E-state index in [-0.39, 0.29) is 35.9 Å². The van der Waals surface area contributed by atoms with Crippen molar-refractivity contribution in [1.82, 2.24) is 4.90 Å². The zero-order valence-electron chi connectivity index (χ0n) is 13.6. The van der Waals surface area contributed by atoms with Crippen molar-refractivity contribution in [2.75, 3.05) is 26.3 Å². The molecule has 3 atom stereocenters. The molecule has 1 saturated carbocycles. The summed E-state index contributed by atoms with van der Waals surface area (Å²) < 4.78 is 11.3. The molecule has 1 aliphatic carbocycles. The molecule has 1 aliphatic heterocycles. The van der Waals surface area contributed by atoms with Crippen molar-refractivity contribution in [2.45, 2.75) is 58.3 Å². The second-order valence-electron chi connectivity index (χ2n) is 6.63. The Morgan fingerprint density at radius 2 is 2.14 bits per heavy atom. The number of carbonyl (C=O) groups is 1. The van der Waals surface area contributed by atoms with E-state index in [0.717, 1.165) is 13.0 Å². The Balaban J connectivity index is 0.00000220. The van der Waals surface area contributed by atoms with Crippen molar-refractivity contribution in [1.29, 1.82) is 0 Å². The molecule has 0 aromatic rings. The molecule has 6 heteroatoms. The van der Waals surface area contributed by atoms with Crippen molar-refractivity contribution < 1.29 is 14.3 Å². The number of ether oxygens (including phenoxy) is 2. The molecular weight excluding hydrogens is 292 g/mol. The molecule has 21 heavy (non-hydrogen) atoms. The van der Waals surface area contributed by atoms with Gasteiger partial charge in [0.2, 0.25) is 5.91 Å². The number of hydrogen-bond acceptors (Lipinski definition) is 4. The molecule has 0 spiro atoms. The van der Waals surface area contributed by atoms with E-state index >= 15 is 0 Å². The van der Waals surface area contributed by atoms with E-state index < -0.39 is 5.54 Å². The van der Waals surface area contributed by atoms with Gasteiger partial charge < -0.3 is 20.1 Å². The van der Waals surface area contributed by atoms with Crippen LogP contribution in [0.15, 0.2) is 0 Å². The summed E-state index contributed by atoms with van der Waals surface area (Å²) in [7, 11) is 0. The second kappa shape index (κ2) is 6.82. The van der Waals surface area contributed by atoms with Crippen LogP contribution in [0.3, 0.4) is 0 Å². The Morgan fingerprint density at radius 3 is 2.71 bits per heavy atom. The lowest BCUT2D eigenvalue weighted by molar-refractivity contribution is -0.179. The zero-order valence-corrected chi connectivity index (χ0v) is 14.4. The van der Waals surface area contributed by atoms with Gasteiger partial charge in [0.15, 0.2) is 0 Å². The fourth-order valence-corrected chi connectivity index (χ4v) is 3.26. The van der Waals surface area contributed by atoms with Crippen LogP contribution in [0, 0.1) is 5.41 Å². The second-order valence-corrected chi connectivity index (χ2v) is 6.63. The van der Waals surface area contributed by atoms with E-state index in [1.54, 1.807) is 0 Å². The maximum absolute atomic E-state index is 12.9. The highest BCUT2D eigenvalue weighted by molar-refractivity contribution is 5.89. The lowest BCUT2D eigenvalue weighted by atomic mass is 9.54. The van der Waals surface area contributed by atoms with Crippen LogP contribution in [-0.4, -0.2) is 54.9 Å². The SMILES string of the molecule is CCOC1CC(N)(C(=O)N2CCCOC(C)C2)C1(C)C.Cl. The van der Waals surface area contributed by atoms with Crippen molar-refractivity contribution >= 4 is 18.3 Å². The minimum Gasteiger partial charge on any atom is -0.378 e. The molecule has 3 unspecified atom stereocenters. The number of rotatable bonds is 3. The van der Waals surface area contributed by atoms with Gasteiger partial charge in [-0.15, -0.1) is 12.4 Å². The van der Waals surface area contributed by atoms with Crippen LogP contribution in [0.2, 0.25) is 0 Å². The largest absolute Gasteiger partial charge is 0.378 e. The maximum Gasteiger partial charge on any atom is 0.243 e. The summed E-state index contributed by atoms with van der Waals surface area (Å²) >= 11 is 0. The Morgan fingerprint density at radius 1 is 1.48 bits per heavy atom. The molecule has 0 bridgehead atoms. The first-order chi connectivity index (χ1) is 9.33. The molecule has 0 aromatic carbocycles. The summed E-state index contributed by atoms with van der Waals surface area (Å²) in [6.07, 6.45) is 1.64. The third-order valence-electron chi connectivity index (χ3n) is 4.95. The first-order valence-corrected chi connectivity index (χ1v) is 7.64. The van der Waals surface area contributed by atoms with Gasteiger partial charge in [-0.25, -0.2) is 0 Å². The molecule has 1 heterocycles. The van der Waals surface area contributed by atoms with E-state index in [2.05, 4.69) is 0 Å². The van der Waals surface area contributed by atoms with Gasteiger partial charge in [0, 0.05) is 38.1 Å². The van der Waals surface area contributed by atoms with E-state index in [0.29, 0.717) is 26.2 Å². The first kappa shape index (κ1) is 18.7. The summed E-state index contributed by atoms with van der Waals surface area (Å²) in [4.78, 5) is 14.7. The molecule has 1 saturated heterocycles. The number of nitrogens with two attached hydrogens (primary N) is 1. The van der Waals surface area contributed by atoms with Crippen LogP contribution in [0.5, 0.6) is 0 Å². The smallest absolute Gasteiger partial charge is 0.243 e. The van der Waals surface area contributed by atoms with E-state index in [4.69, 9.17) is 15.2 Å². The Labute approximate surface area is 133 Å². The lowest BCUT2D eigenvalue weighted by Gasteiger charge is -2.58. The summed E-state index contributed by atoms with van der Waals surface area (Å²) in [5.74, 6) is 0.0517. The van der Waals surface area contributed by atoms with Crippen LogP contribution in [0.1, 0.15) is 40.5 Å². The molecule has 124 valence electrons. The lowest BCUT2D eigenvalue weighted by Crippen LogP contribution is -2.76. The average Bonchev–Trinajstić information content (AvgIpc) is 2.62. The molecule has 5 nitrogen and oxygen atoms in total. The topological polar surface area (TPSA) is 64.8 Å². The van der Waals surface area contributed by atoms with Crippen molar-refractivity contribution in [3.63, 3.8) is 0 Å². The van der Waals surface area contributed by atoms with Gasteiger partial charge in [0.25, 0.3) is 0 Å².